The van der Waals surface area contributed by atoms with Crippen LogP contribution in [0.2, 0.25) is 0 Å². The smallest absolute Gasteiger partial charge is 0.349 e. The van der Waals surface area contributed by atoms with E-state index < -0.39 is 5.97 Å². The quantitative estimate of drug-likeness (QED) is 0.465. The van der Waals surface area contributed by atoms with Crippen molar-refractivity contribution in [3.8, 4) is 11.5 Å². The molecule has 0 aliphatic carbocycles. The zero-order chi connectivity index (χ0) is 20.9. The molecule has 1 aliphatic heterocycles. The Morgan fingerprint density at radius 1 is 1.03 bits per heavy atom. The lowest BCUT2D eigenvalue weighted by molar-refractivity contribution is -0.136. The lowest BCUT2D eigenvalue weighted by Gasteiger charge is -2.17. The van der Waals surface area contributed by atoms with Crippen molar-refractivity contribution in [1.29, 1.82) is 0 Å². The van der Waals surface area contributed by atoms with Gasteiger partial charge >= 0.3 is 5.97 Å². The minimum atomic E-state index is -0.545. The molecule has 8 heteroatoms. The largest absolute Gasteiger partial charge is 0.482 e. The average molecular weight is 422 g/mol. The summed E-state index contributed by atoms with van der Waals surface area (Å²) in [5.74, 6) is 0.153. The number of thiophene rings is 1. The van der Waals surface area contributed by atoms with Crippen LogP contribution in [-0.4, -0.2) is 24.4 Å². The first-order chi connectivity index (χ1) is 14.6. The number of ether oxygens (including phenoxy) is 2. The summed E-state index contributed by atoms with van der Waals surface area (Å²) in [5.41, 5.74) is 2.35. The molecule has 1 aliphatic rings. The maximum absolute atomic E-state index is 12.1. The molecule has 0 spiro atoms. The first-order valence-electron chi connectivity index (χ1n) is 9.28. The molecule has 0 atom stereocenters. The highest BCUT2D eigenvalue weighted by Gasteiger charge is 2.15. The molecule has 0 bridgehead atoms. The predicted molar refractivity (Wildman–Crippen MR) is 113 cm³/mol. The van der Waals surface area contributed by atoms with E-state index in [1.807, 2.05) is 17.5 Å². The maximum atomic E-state index is 12.1. The third-order valence-electron chi connectivity index (χ3n) is 4.42. The minimum Gasteiger partial charge on any atom is -0.482 e. The van der Waals surface area contributed by atoms with Crippen LogP contribution in [0.25, 0.3) is 0 Å². The van der Waals surface area contributed by atoms with Gasteiger partial charge in [0.25, 0.3) is 5.91 Å². The summed E-state index contributed by atoms with van der Waals surface area (Å²) in [6, 6.07) is 15.3. The van der Waals surface area contributed by atoms with Gasteiger partial charge in [0.15, 0.2) is 6.61 Å². The van der Waals surface area contributed by atoms with Gasteiger partial charge in [-0.25, -0.2) is 4.79 Å². The van der Waals surface area contributed by atoms with Crippen molar-refractivity contribution in [2.45, 2.75) is 12.8 Å². The van der Waals surface area contributed by atoms with E-state index in [0.29, 0.717) is 34.9 Å². The van der Waals surface area contributed by atoms with Gasteiger partial charge in [0.2, 0.25) is 5.91 Å². The third kappa shape index (κ3) is 4.84. The SMILES string of the molecule is O=C1CCc2cc(OCC(=O)Oc3ccc(NC(=O)c4cccs4)cc3)ccc2N1. The molecule has 30 heavy (non-hydrogen) atoms. The van der Waals surface area contributed by atoms with Gasteiger partial charge in [-0.1, -0.05) is 6.07 Å². The Balaban J connectivity index is 1.28. The molecule has 0 saturated carbocycles. The Kier molecular flexibility index (Phi) is 5.76. The molecule has 2 aromatic carbocycles. The number of aryl methyl sites for hydroxylation is 1. The topological polar surface area (TPSA) is 93.7 Å². The molecule has 152 valence electrons. The zero-order valence-corrected chi connectivity index (χ0v) is 16.7. The van der Waals surface area contributed by atoms with E-state index in [9.17, 15) is 14.4 Å². The second kappa shape index (κ2) is 8.79. The lowest BCUT2D eigenvalue weighted by Crippen LogP contribution is -2.20. The molecule has 7 nitrogen and oxygen atoms in total. The van der Waals surface area contributed by atoms with E-state index in [4.69, 9.17) is 9.47 Å². The van der Waals surface area contributed by atoms with Gasteiger partial charge in [0, 0.05) is 17.8 Å². The second-order valence-electron chi connectivity index (χ2n) is 6.59. The molecule has 0 fully saturated rings. The van der Waals surface area contributed by atoms with Crippen LogP contribution in [0.4, 0.5) is 11.4 Å². The first-order valence-corrected chi connectivity index (χ1v) is 10.2. The van der Waals surface area contributed by atoms with Crippen LogP contribution < -0.4 is 20.1 Å². The monoisotopic (exact) mass is 422 g/mol. The average Bonchev–Trinajstić information content (AvgIpc) is 3.29. The standard InChI is InChI=1S/C22H18N2O5S/c25-20-10-3-14-12-17(8-9-18(14)24-20)28-13-21(26)29-16-6-4-15(5-7-16)23-22(27)19-2-1-11-30-19/h1-2,4-9,11-12H,3,10,13H2,(H,23,27)(H,24,25). The van der Waals surface area contributed by atoms with E-state index in [0.717, 1.165) is 11.3 Å². The highest BCUT2D eigenvalue weighted by molar-refractivity contribution is 7.12. The van der Waals surface area contributed by atoms with Crippen molar-refractivity contribution in [3.63, 3.8) is 0 Å². The number of rotatable bonds is 6. The fourth-order valence-corrected chi connectivity index (χ4v) is 3.58. The summed E-state index contributed by atoms with van der Waals surface area (Å²) in [6.07, 6.45) is 1.07. The number of esters is 1. The molecule has 2 N–H and O–H groups in total. The molecule has 0 unspecified atom stereocenters. The zero-order valence-electron chi connectivity index (χ0n) is 15.8. The van der Waals surface area contributed by atoms with Crippen molar-refractivity contribution in [3.05, 3.63) is 70.4 Å². The van der Waals surface area contributed by atoms with Crippen molar-refractivity contribution in [2.75, 3.05) is 17.2 Å². The van der Waals surface area contributed by atoms with Gasteiger partial charge in [-0.05, 0) is 65.9 Å². The fourth-order valence-electron chi connectivity index (χ4n) is 2.96. The fraction of sp³-hybridized carbons (Fsp3) is 0.136. The first kappa shape index (κ1) is 19.7. The third-order valence-corrected chi connectivity index (χ3v) is 5.29. The highest BCUT2D eigenvalue weighted by atomic mass is 32.1. The highest BCUT2D eigenvalue weighted by Crippen LogP contribution is 2.27. The Labute approximate surface area is 176 Å². The summed E-state index contributed by atoms with van der Waals surface area (Å²) >= 11 is 1.36. The summed E-state index contributed by atoms with van der Waals surface area (Å²) in [7, 11) is 0. The van der Waals surface area contributed by atoms with Crippen LogP contribution >= 0.6 is 11.3 Å². The number of hydrogen-bond donors (Lipinski definition) is 2. The van der Waals surface area contributed by atoms with E-state index in [1.165, 1.54) is 11.3 Å². The molecule has 2 amide bonds. The Morgan fingerprint density at radius 3 is 2.60 bits per heavy atom. The summed E-state index contributed by atoms with van der Waals surface area (Å²) in [5, 5.41) is 7.41. The number of benzene rings is 2. The molecule has 3 aromatic rings. The summed E-state index contributed by atoms with van der Waals surface area (Å²) in [6.45, 7) is -0.248. The van der Waals surface area contributed by atoms with Crippen molar-refractivity contribution >= 4 is 40.5 Å². The molecular weight excluding hydrogens is 404 g/mol. The van der Waals surface area contributed by atoms with E-state index in [-0.39, 0.29) is 18.4 Å². The summed E-state index contributed by atoms with van der Waals surface area (Å²) < 4.78 is 10.8. The van der Waals surface area contributed by atoms with Crippen LogP contribution in [0, 0.1) is 0 Å². The molecule has 2 heterocycles. The Hall–Kier alpha value is -3.65. The van der Waals surface area contributed by atoms with Crippen LogP contribution in [0.5, 0.6) is 11.5 Å². The van der Waals surface area contributed by atoms with Gasteiger partial charge in [0.1, 0.15) is 11.5 Å². The van der Waals surface area contributed by atoms with Gasteiger partial charge in [-0.15, -0.1) is 11.3 Å². The van der Waals surface area contributed by atoms with E-state index in [1.54, 1.807) is 42.5 Å². The van der Waals surface area contributed by atoms with Gasteiger partial charge in [0.05, 0.1) is 4.88 Å². The number of amides is 2. The van der Waals surface area contributed by atoms with E-state index >= 15 is 0 Å². The van der Waals surface area contributed by atoms with Crippen LogP contribution in [0.3, 0.4) is 0 Å². The van der Waals surface area contributed by atoms with E-state index in [2.05, 4.69) is 10.6 Å². The number of fused-ring (bicyclic) bond motifs is 1. The molecular formula is C22H18N2O5S. The number of carbonyl (C=O) groups excluding carboxylic acids is 3. The van der Waals surface area contributed by atoms with Crippen LogP contribution in [-0.2, 0) is 16.0 Å². The minimum absolute atomic E-state index is 0.00291. The normalized spacial score (nSPS) is 12.5. The van der Waals surface area contributed by atoms with Crippen molar-refractivity contribution < 1.29 is 23.9 Å². The van der Waals surface area contributed by atoms with Gasteiger partial charge in [-0.2, -0.15) is 0 Å². The maximum Gasteiger partial charge on any atom is 0.349 e. The number of carbonyl (C=O) groups is 3. The van der Waals surface area contributed by atoms with Crippen molar-refractivity contribution in [1.82, 2.24) is 0 Å². The van der Waals surface area contributed by atoms with Gasteiger partial charge < -0.3 is 20.1 Å². The molecule has 0 radical (unpaired) electrons. The molecule has 4 rings (SSSR count). The lowest BCUT2D eigenvalue weighted by atomic mass is 10.0. The number of nitrogens with one attached hydrogen (secondary N) is 2. The molecule has 0 saturated heterocycles. The van der Waals surface area contributed by atoms with Crippen molar-refractivity contribution in [2.24, 2.45) is 0 Å². The molecule has 1 aromatic heterocycles. The second-order valence-corrected chi connectivity index (χ2v) is 7.53. The number of hydrogen-bond acceptors (Lipinski definition) is 6. The number of anilines is 2. The Morgan fingerprint density at radius 2 is 1.83 bits per heavy atom. The van der Waals surface area contributed by atoms with Crippen LogP contribution in [0.1, 0.15) is 21.7 Å². The van der Waals surface area contributed by atoms with Gasteiger partial charge in [-0.3, -0.25) is 9.59 Å². The predicted octanol–water partition coefficient (Wildman–Crippen LogP) is 3.87. The van der Waals surface area contributed by atoms with Crippen LogP contribution in [0.15, 0.2) is 60.0 Å². The summed E-state index contributed by atoms with van der Waals surface area (Å²) in [4.78, 5) is 36.1. The Bertz CT molecular complexity index is 1080.